The lowest BCUT2D eigenvalue weighted by Crippen LogP contribution is -2.46. The number of alkyl halides is 3. The summed E-state index contributed by atoms with van der Waals surface area (Å²) in [6, 6.07) is 13.2. The Kier molecular flexibility index (Phi) is 7.20. The summed E-state index contributed by atoms with van der Waals surface area (Å²) in [7, 11) is 0. The van der Waals surface area contributed by atoms with Gasteiger partial charge in [0, 0.05) is 29.4 Å². The van der Waals surface area contributed by atoms with E-state index in [1.807, 2.05) is 13.8 Å². The summed E-state index contributed by atoms with van der Waals surface area (Å²) in [6.45, 7) is 6.01. The molecule has 0 spiro atoms. The van der Waals surface area contributed by atoms with E-state index in [1.54, 1.807) is 46.8 Å². The van der Waals surface area contributed by atoms with Gasteiger partial charge in [0.25, 0.3) is 11.8 Å². The quantitative estimate of drug-likeness (QED) is 0.307. The Morgan fingerprint density at radius 2 is 1.88 bits per heavy atom. The Morgan fingerprint density at radius 1 is 1.15 bits per heavy atom. The summed E-state index contributed by atoms with van der Waals surface area (Å²) < 4.78 is 40.9. The van der Waals surface area contributed by atoms with Gasteiger partial charge in [0.05, 0.1) is 30.5 Å². The highest BCUT2D eigenvalue weighted by atomic mass is 19.4. The van der Waals surface area contributed by atoms with Crippen LogP contribution in [-0.4, -0.2) is 48.3 Å². The minimum absolute atomic E-state index is 0.0973. The van der Waals surface area contributed by atoms with Crippen molar-refractivity contribution in [2.24, 2.45) is 0 Å². The minimum Gasteiger partial charge on any atom is -0.389 e. The average Bonchev–Trinajstić information content (AvgIpc) is 3.57. The van der Waals surface area contributed by atoms with Crippen LogP contribution in [0.4, 0.5) is 18.9 Å². The molecule has 1 aliphatic heterocycles. The van der Waals surface area contributed by atoms with Gasteiger partial charge >= 0.3 is 6.18 Å². The highest BCUT2D eigenvalue weighted by Crippen LogP contribution is 2.37. The Hall–Kier alpha value is -4.45. The molecule has 214 valence electrons. The van der Waals surface area contributed by atoms with Crippen molar-refractivity contribution < 1.29 is 27.9 Å². The molecule has 12 heteroatoms. The van der Waals surface area contributed by atoms with Gasteiger partial charge in [-0.1, -0.05) is 38.1 Å². The zero-order valence-corrected chi connectivity index (χ0v) is 22.7. The van der Waals surface area contributed by atoms with Crippen molar-refractivity contribution in [2.45, 2.75) is 51.6 Å². The summed E-state index contributed by atoms with van der Waals surface area (Å²) in [5.41, 5.74) is 1.91. The maximum Gasteiger partial charge on any atom is 0.416 e. The van der Waals surface area contributed by atoms with Gasteiger partial charge in [-0.05, 0) is 48.4 Å². The first kappa shape index (κ1) is 28.1. The Morgan fingerprint density at radius 3 is 2.51 bits per heavy atom. The average molecular weight is 567 g/mol. The molecule has 41 heavy (non-hydrogen) atoms. The number of carbonyl (C=O) groups excluding carboxylic acids is 2. The SMILES string of the molecule is CC(O)c1cccc(NC(=O)c2nn(Cc3ccc(C(F)(F)F)cc3)c3c2CN(C(=O)c2ccn[nH]2)CC3(C)C)c1. The van der Waals surface area contributed by atoms with Gasteiger partial charge in [-0.25, -0.2) is 0 Å². The number of aromatic nitrogens is 4. The number of halogens is 3. The number of hydrogen-bond acceptors (Lipinski definition) is 5. The van der Waals surface area contributed by atoms with Crippen LogP contribution in [0.5, 0.6) is 0 Å². The van der Waals surface area contributed by atoms with Crippen molar-refractivity contribution >= 4 is 17.5 Å². The molecule has 9 nitrogen and oxygen atoms in total. The number of anilines is 1. The van der Waals surface area contributed by atoms with E-state index in [9.17, 15) is 27.9 Å². The van der Waals surface area contributed by atoms with Crippen molar-refractivity contribution in [2.75, 3.05) is 11.9 Å². The fraction of sp³-hybridized carbons (Fsp3) is 0.310. The molecule has 0 fully saturated rings. The second-order valence-electron chi connectivity index (χ2n) is 10.8. The summed E-state index contributed by atoms with van der Waals surface area (Å²) in [6.07, 6.45) is -3.70. The molecule has 4 aromatic rings. The van der Waals surface area contributed by atoms with Crippen LogP contribution < -0.4 is 5.32 Å². The predicted octanol–water partition coefficient (Wildman–Crippen LogP) is 4.91. The largest absolute Gasteiger partial charge is 0.416 e. The molecule has 3 heterocycles. The van der Waals surface area contributed by atoms with Crippen molar-refractivity contribution in [3.8, 4) is 0 Å². The second-order valence-corrected chi connectivity index (χ2v) is 10.8. The van der Waals surface area contributed by atoms with Crippen molar-refractivity contribution in [1.82, 2.24) is 24.9 Å². The first-order valence-corrected chi connectivity index (χ1v) is 13.0. The van der Waals surface area contributed by atoms with Crippen LogP contribution in [0.2, 0.25) is 0 Å². The summed E-state index contributed by atoms with van der Waals surface area (Å²) >= 11 is 0. The van der Waals surface area contributed by atoms with Gasteiger partial charge in [0.2, 0.25) is 0 Å². The molecule has 2 amide bonds. The topological polar surface area (TPSA) is 116 Å². The summed E-state index contributed by atoms with van der Waals surface area (Å²) in [5.74, 6) is -0.797. The van der Waals surface area contributed by atoms with E-state index in [2.05, 4.69) is 20.6 Å². The van der Waals surface area contributed by atoms with Crippen LogP contribution >= 0.6 is 0 Å². The molecule has 0 bridgehead atoms. The van der Waals surface area contributed by atoms with Gasteiger partial charge in [-0.3, -0.25) is 19.4 Å². The lowest BCUT2D eigenvalue weighted by atomic mass is 9.82. The van der Waals surface area contributed by atoms with Gasteiger partial charge in [0.1, 0.15) is 5.69 Å². The molecule has 1 unspecified atom stereocenters. The molecule has 2 aromatic carbocycles. The van der Waals surface area contributed by atoms with Crippen LogP contribution in [0.1, 0.15) is 75.8 Å². The lowest BCUT2D eigenvalue weighted by molar-refractivity contribution is -0.137. The van der Waals surface area contributed by atoms with E-state index in [1.165, 1.54) is 18.3 Å². The van der Waals surface area contributed by atoms with Crippen LogP contribution in [0, 0.1) is 0 Å². The van der Waals surface area contributed by atoms with E-state index in [-0.39, 0.29) is 24.7 Å². The van der Waals surface area contributed by atoms with Crippen molar-refractivity contribution in [3.05, 3.63) is 100 Å². The number of aliphatic hydroxyl groups excluding tert-OH is 1. The molecule has 0 saturated carbocycles. The number of nitrogens with zero attached hydrogens (tertiary/aromatic N) is 4. The Labute approximate surface area is 234 Å². The standard InChI is InChI=1S/C29H29F3N6O3/c1-17(39)19-5-4-6-21(13-19)34-26(40)24-22-15-37(27(41)23-11-12-33-35-23)16-28(2,3)25(22)38(36-24)14-18-7-9-20(10-8-18)29(30,31)32/h4-13,17,39H,14-16H2,1-3H3,(H,33,35)(H,34,40). The molecular weight excluding hydrogens is 537 g/mol. The molecule has 5 rings (SSSR count). The monoisotopic (exact) mass is 566 g/mol. The van der Waals surface area contributed by atoms with Crippen molar-refractivity contribution in [3.63, 3.8) is 0 Å². The number of amides is 2. The Balaban J connectivity index is 1.54. The van der Waals surface area contributed by atoms with E-state index in [0.717, 1.165) is 12.1 Å². The number of benzene rings is 2. The summed E-state index contributed by atoms with van der Waals surface area (Å²) in [5, 5.41) is 24.0. The van der Waals surface area contributed by atoms with E-state index in [4.69, 9.17) is 0 Å². The maximum atomic E-state index is 13.6. The zero-order valence-electron chi connectivity index (χ0n) is 22.7. The molecule has 0 aliphatic carbocycles. The molecule has 3 N–H and O–H groups in total. The van der Waals surface area contributed by atoms with Crippen LogP contribution in [0.25, 0.3) is 0 Å². The van der Waals surface area contributed by atoms with E-state index >= 15 is 0 Å². The molecule has 1 aliphatic rings. The Bertz CT molecular complexity index is 1570. The van der Waals surface area contributed by atoms with Crippen LogP contribution in [0.15, 0.2) is 60.8 Å². The van der Waals surface area contributed by atoms with Gasteiger partial charge in [-0.15, -0.1) is 0 Å². The third-order valence-corrected chi connectivity index (χ3v) is 7.10. The number of hydrogen-bond donors (Lipinski definition) is 3. The third kappa shape index (κ3) is 5.73. The van der Waals surface area contributed by atoms with E-state index < -0.39 is 29.2 Å². The van der Waals surface area contributed by atoms with Crippen LogP contribution in [-0.2, 0) is 24.7 Å². The number of aromatic amines is 1. The first-order valence-electron chi connectivity index (χ1n) is 13.0. The van der Waals surface area contributed by atoms with Crippen molar-refractivity contribution in [1.29, 1.82) is 0 Å². The number of aliphatic hydroxyl groups is 1. The lowest BCUT2D eigenvalue weighted by Gasteiger charge is -2.38. The molecule has 0 radical (unpaired) electrons. The van der Waals surface area contributed by atoms with E-state index in [0.29, 0.717) is 40.3 Å². The molecular formula is C29H29F3N6O3. The van der Waals surface area contributed by atoms with Gasteiger partial charge in [-0.2, -0.15) is 23.4 Å². The fourth-order valence-electron chi connectivity index (χ4n) is 5.23. The number of rotatable bonds is 6. The molecule has 2 aromatic heterocycles. The molecule has 0 saturated heterocycles. The minimum atomic E-state index is -4.45. The summed E-state index contributed by atoms with van der Waals surface area (Å²) in [4.78, 5) is 28.5. The maximum absolute atomic E-state index is 13.6. The molecule has 1 atom stereocenters. The zero-order chi connectivity index (χ0) is 29.5. The first-order chi connectivity index (χ1) is 19.3. The highest BCUT2D eigenvalue weighted by molar-refractivity contribution is 6.04. The normalized spacial score (nSPS) is 15.3. The second kappa shape index (κ2) is 10.5. The highest BCUT2D eigenvalue weighted by Gasteiger charge is 2.41. The van der Waals surface area contributed by atoms with Gasteiger partial charge < -0.3 is 15.3 Å². The predicted molar refractivity (Wildman–Crippen MR) is 144 cm³/mol. The number of H-pyrrole nitrogens is 1. The van der Waals surface area contributed by atoms with Gasteiger partial charge in [0.15, 0.2) is 5.69 Å². The third-order valence-electron chi connectivity index (χ3n) is 7.10. The number of carbonyl (C=O) groups is 2. The fourth-order valence-corrected chi connectivity index (χ4v) is 5.23. The number of fused-ring (bicyclic) bond motifs is 1. The smallest absolute Gasteiger partial charge is 0.389 e. The number of nitrogens with one attached hydrogen (secondary N) is 2. The van der Waals surface area contributed by atoms with Crippen LogP contribution in [0.3, 0.4) is 0 Å².